The van der Waals surface area contributed by atoms with Gasteiger partial charge < -0.3 is 10.6 Å². The molecule has 1 aromatic carbocycles. The second kappa shape index (κ2) is 5.32. The van der Waals surface area contributed by atoms with Gasteiger partial charge in [0.2, 0.25) is 5.91 Å². The summed E-state index contributed by atoms with van der Waals surface area (Å²) in [5.41, 5.74) is 7.09. The van der Waals surface area contributed by atoms with E-state index in [1.165, 1.54) is 5.56 Å². The highest BCUT2D eigenvalue weighted by Crippen LogP contribution is 2.18. The Kier molecular flexibility index (Phi) is 3.79. The van der Waals surface area contributed by atoms with E-state index < -0.39 is 0 Å². The number of nitrogens with two attached hydrogens (primary N) is 1. The minimum atomic E-state index is -0.323. The van der Waals surface area contributed by atoms with Crippen molar-refractivity contribution in [3.05, 3.63) is 35.9 Å². The first-order chi connectivity index (χ1) is 8.16. The molecule has 2 atom stereocenters. The van der Waals surface area contributed by atoms with Crippen molar-refractivity contribution in [1.29, 1.82) is 0 Å². The van der Waals surface area contributed by atoms with Crippen molar-refractivity contribution in [2.75, 3.05) is 6.54 Å². The Bertz CT molecular complexity index is 377. The van der Waals surface area contributed by atoms with Gasteiger partial charge in [-0.1, -0.05) is 37.3 Å². The fraction of sp³-hybridized carbons (Fsp3) is 0.500. The van der Waals surface area contributed by atoms with Crippen LogP contribution in [-0.2, 0) is 11.3 Å². The highest BCUT2D eigenvalue weighted by Gasteiger charge is 2.26. The van der Waals surface area contributed by atoms with Crippen LogP contribution in [0.5, 0.6) is 0 Å². The lowest BCUT2D eigenvalue weighted by molar-refractivity contribution is -0.132. The highest BCUT2D eigenvalue weighted by molar-refractivity contribution is 5.81. The Morgan fingerprint density at radius 2 is 2.06 bits per heavy atom. The lowest BCUT2D eigenvalue weighted by atomic mass is 10.0. The zero-order valence-electron chi connectivity index (χ0n) is 10.3. The average Bonchev–Trinajstić information content (AvgIpc) is 2.44. The van der Waals surface area contributed by atoms with E-state index in [0.29, 0.717) is 12.5 Å². The number of hydrogen-bond donors (Lipinski definition) is 1. The molecule has 1 fully saturated rings. The molecule has 3 nitrogen and oxygen atoms in total. The van der Waals surface area contributed by atoms with Crippen LogP contribution in [0, 0.1) is 5.92 Å². The second-order valence-corrected chi connectivity index (χ2v) is 4.98. The van der Waals surface area contributed by atoms with Gasteiger partial charge in [0, 0.05) is 13.1 Å². The van der Waals surface area contributed by atoms with Crippen molar-refractivity contribution >= 4 is 5.91 Å². The second-order valence-electron chi connectivity index (χ2n) is 4.98. The van der Waals surface area contributed by atoms with Crippen LogP contribution < -0.4 is 5.73 Å². The lowest BCUT2D eigenvalue weighted by Gasteiger charge is -2.22. The van der Waals surface area contributed by atoms with Crippen LogP contribution in [0.15, 0.2) is 30.3 Å². The number of likely N-dealkylation sites (tertiary alicyclic amines) is 1. The van der Waals surface area contributed by atoms with Gasteiger partial charge in [-0.25, -0.2) is 0 Å². The van der Waals surface area contributed by atoms with E-state index in [-0.39, 0.29) is 11.9 Å². The van der Waals surface area contributed by atoms with Crippen LogP contribution in [0.1, 0.15) is 25.3 Å². The van der Waals surface area contributed by atoms with Gasteiger partial charge in [-0.2, -0.15) is 0 Å². The fourth-order valence-electron chi connectivity index (χ4n) is 2.33. The minimum absolute atomic E-state index is 0.0956. The Morgan fingerprint density at radius 3 is 2.76 bits per heavy atom. The molecule has 1 heterocycles. The molecule has 1 aliphatic rings. The van der Waals surface area contributed by atoms with E-state index in [9.17, 15) is 4.79 Å². The smallest absolute Gasteiger partial charge is 0.239 e. The standard InChI is InChI=1S/C14H20N2O/c1-11-7-8-16(14(17)13(15)9-11)10-12-5-3-2-4-6-12/h2-6,11,13H,7-10,15H2,1H3. The molecule has 0 aromatic heterocycles. The molecule has 1 amide bonds. The first-order valence-electron chi connectivity index (χ1n) is 6.25. The molecule has 3 heteroatoms. The van der Waals surface area contributed by atoms with E-state index in [1.54, 1.807) is 0 Å². The van der Waals surface area contributed by atoms with Crippen LogP contribution in [0.2, 0.25) is 0 Å². The molecule has 92 valence electrons. The number of carbonyl (C=O) groups is 1. The third-order valence-electron chi connectivity index (χ3n) is 3.39. The summed E-state index contributed by atoms with van der Waals surface area (Å²) in [6.45, 7) is 3.67. The molecule has 0 saturated carbocycles. The van der Waals surface area contributed by atoms with Crippen LogP contribution >= 0.6 is 0 Å². The molecule has 1 aliphatic heterocycles. The SMILES string of the molecule is CC1CCN(Cc2ccccc2)C(=O)C(N)C1. The van der Waals surface area contributed by atoms with Gasteiger partial charge in [0.15, 0.2) is 0 Å². The monoisotopic (exact) mass is 232 g/mol. The fourth-order valence-corrected chi connectivity index (χ4v) is 2.33. The molecular weight excluding hydrogens is 212 g/mol. The predicted octanol–water partition coefficient (Wildman–Crippen LogP) is 1.77. The van der Waals surface area contributed by atoms with Crippen molar-refractivity contribution in [2.24, 2.45) is 11.7 Å². The number of amides is 1. The van der Waals surface area contributed by atoms with Crippen molar-refractivity contribution in [3.63, 3.8) is 0 Å². The third-order valence-corrected chi connectivity index (χ3v) is 3.39. The largest absolute Gasteiger partial charge is 0.337 e. The normalized spacial score (nSPS) is 25.8. The van der Waals surface area contributed by atoms with Crippen LogP contribution in [0.4, 0.5) is 0 Å². The quantitative estimate of drug-likeness (QED) is 0.844. The van der Waals surface area contributed by atoms with Gasteiger partial charge in [0.1, 0.15) is 0 Å². The average molecular weight is 232 g/mol. The molecule has 0 spiro atoms. The summed E-state index contributed by atoms with van der Waals surface area (Å²) in [6, 6.07) is 9.76. The molecule has 1 saturated heterocycles. The maximum atomic E-state index is 12.1. The minimum Gasteiger partial charge on any atom is -0.337 e. The van der Waals surface area contributed by atoms with Crippen molar-refractivity contribution in [2.45, 2.75) is 32.4 Å². The van der Waals surface area contributed by atoms with E-state index in [4.69, 9.17) is 5.73 Å². The molecule has 0 bridgehead atoms. The summed E-state index contributed by atoms with van der Waals surface area (Å²) in [5, 5.41) is 0. The summed E-state index contributed by atoms with van der Waals surface area (Å²) < 4.78 is 0. The van der Waals surface area contributed by atoms with Gasteiger partial charge in [0.25, 0.3) is 0 Å². The molecule has 17 heavy (non-hydrogen) atoms. The summed E-state index contributed by atoms with van der Waals surface area (Å²) in [4.78, 5) is 14.0. The number of carbonyl (C=O) groups excluding carboxylic acids is 1. The topological polar surface area (TPSA) is 46.3 Å². The zero-order valence-corrected chi connectivity index (χ0v) is 10.3. The number of nitrogens with zero attached hydrogens (tertiary/aromatic N) is 1. The molecule has 1 aromatic rings. The predicted molar refractivity (Wildman–Crippen MR) is 68.2 cm³/mol. The summed E-state index contributed by atoms with van der Waals surface area (Å²) >= 11 is 0. The first kappa shape index (κ1) is 12.1. The lowest BCUT2D eigenvalue weighted by Crippen LogP contribution is -2.41. The van der Waals surface area contributed by atoms with Crippen LogP contribution in [-0.4, -0.2) is 23.4 Å². The molecule has 2 N–H and O–H groups in total. The Morgan fingerprint density at radius 1 is 1.35 bits per heavy atom. The Balaban J connectivity index is 2.07. The molecule has 2 rings (SSSR count). The van der Waals surface area contributed by atoms with Crippen molar-refractivity contribution < 1.29 is 4.79 Å². The van der Waals surface area contributed by atoms with Gasteiger partial charge in [-0.15, -0.1) is 0 Å². The third kappa shape index (κ3) is 3.07. The van der Waals surface area contributed by atoms with Crippen LogP contribution in [0.25, 0.3) is 0 Å². The maximum Gasteiger partial charge on any atom is 0.239 e. The summed E-state index contributed by atoms with van der Waals surface area (Å²) in [5.74, 6) is 0.632. The summed E-state index contributed by atoms with van der Waals surface area (Å²) in [7, 11) is 0. The zero-order chi connectivity index (χ0) is 12.3. The van der Waals surface area contributed by atoms with Gasteiger partial charge in [-0.3, -0.25) is 4.79 Å². The number of benzene rings is 1. The van der Waals surface area contributed by atoms with E-state index >= 15 is 0 Å². The van der Waals surface area contributed by atoms with Crippen LogP contribution in [0.3, 0.4) is 0 Å². The molecule has 0 aliphatic carbocycles. The van der Waals surface area contributed by atoms with E-state index in [0.717, 1.165) is 19.4 Å². The van der Waals surface area contributed by atoms with Crippen molar-refractivity contribution in [3.8, 4) is 0 Å². The molecule has 0 radical (unpaired) electrons. The first-order valence-corrected chi connectivity index (χ1v) is 6.25. The Labute approximate surface area is 103 Å². The Hall–Kier alpha value is -1.35. The highest BCUT2D eigenvalue weighted by atomic mass is 16.2. The maximum absolute atomic E-state index is 12.1. The van der Waals surface area contributed by atoms with Crippen molar-refractivity contribution in [1.82, 2.24) is 4.90 Å². The number of rotatable bonds is 2. The van der Waals surface area contributed by atoms with Gasteiger partial charge in [0.05, 0.1) is 6.04 Å². The number of hydrogen-bond acceptors (Lipinski definition) is 2. The molecular formula is C14H20N2O. The summed E-state index contributed by atoms with van der Waals surface area (Å²) in [6.07, 6.45) is 1.86. The van der Waals surface area contributed by atoms with Gasteiger partial charge >= 0.3 is 0 Å². The van der Waals surface area contributed by atoms with E-state index in [1.807, 2.05) is 35.2 Å². The van der Waals surface area contributed by atoms with E-state index in [2.05, 4.69) is 6.92 Å². The van der Waals surface area contributed by atoms with Gasteiger partial charge in [-0.05, 0) is 24.3 Å². The molecule has 2 unspecified atom stereocenters.